The van der Waals surface area contributed by atoms with Gasteiger partial charge in [0, 0.05) is 19.3 Å². The molecule has 0 aromatic carbocycles. The Hall–Kier alpha value is -2.89. The smallest absolute Gasteiger partial charge is 0.306 e. The fourth-order valence-electron chi connectivity index (χ4n) is 10.9. The quantitative estimate of drug-likeness (QED) is 0.0261. The molecule has 1 atom stereocenters. The molecule has 478 valence electrons. The van der Waals surface area contributed by atoms with Gasteiger partial charge in [-0.3, -0.25) is 14.4 Å². The van der Waals surface area contributed by atoms with Crippen LogP contribution in [0.4, 0.5) is 0 Å². The Bertz CT molecular complexity index is 1460. The number of hydrogen-bond donors (Lipinski definition) is 0. The molecule has 0 aromatic rings. The van der Waals surface area contributed by atoms with E-state index in [0.29, 0.717) is 19.3 Å². The van der Waals surface area contributed by atoms with Gasteiger partial charge in [-0.2, -0.15) is 0 Å². The highest BCUT2D eigenvalue weighted by Gasteiger charge is 2.19. The van der Waals surface area contributed by atoms with Gasteiger partial charge in [0.1, 0.15) is 13.2 Å². The average Bonchev–Trinajstić information content (AvgIpc) is 3.48. The molecule has 0 aliphatic rings. The van der Waals surface area contributed by atoms with Gasteiger partial charge in [-0.1, -0.05) is 351 Å². The maximum Gasteiger partial charge on any atom is 0.306 e. The molecule has 0 N–H and O–H groups in total. The summed E-state index contributed by atoms with van der Waals surface area (Å²) in [6.07, 6.45) is 91.3. The van der Waals surface area contributed by atoms with Crippen molar-refractivity contribution in [3.05, 3.63) is 60.8 Å². The molecule has 6 heteroatoms. The van der Waals surface area contributed by atoms with Gasteiger partial charge in [-0.15, -0.1) is 0 Å². The second kappa shape index (κ2) is 70.6. The third-order valence-corrected chi connectivity index (χ3v) is 16.2. The fraction of sp³-hybridized carbons (Fsp3) is 0.829. The highest BCUT2D eigenvalue weighted by atomic mass is 16.6. The molecule has 0 amide bonds. The van der Waals surface area contributed by atoms with Crippen LogP contribution in [0.5, 0.6) is 0 Å². The molecule has 0 aromatic heterocycles. The number of unbranched alkanes of at least 4 members (excludes halogenated alkanes) is 46. The highest BCUT2D eigenvalue weighted by Crippen LogP contribution is 2.19. The van der Waals surface area contributed by atoms with Crippen LogP contribution in [0.1, 0.15) is 387 Å². The van der Waals surface area contributed by atoms with Crippen molar-refractivity contribution in [1.29, 1.82) is 0 Å². The van der Waals surface area contributed by atoms with Crippen molar-refractivity contribution in [3.8, 4) is 0 Å². The van der Waals surface area contributed by atoms with Gasteiger partial charge in [0.25, 0.3) is 0 Å². The maximum atomic E-state index is 12.9. The normalized spacial score (nSPS) is 12.4. The van der Waals surface area contributed by atoms with Crippen molar-refractivity contribution in [2.24, 2.45) is 0 Å². The molecule has 82 heavy (non-hydrogen) atoms. The summed E-state index contributed by atoms with van der Waals surface area (Å²) in [5.41, 5.74) is 0. The summed E-state index contributed by atoms with van der Waals surface area (Å²) < 4.78 is 17.0. The molecular weight excluding hydrogens is 1010 g/mol. The Morgan fingerprint density at radius 2 is 0.500 bits per heavy atom. The Morgan fingerprint density at radius 1 is 0.256 bits per heavy atom. The topological polar surface area (TPSA) is 78.9 Å². The summed E-state index contributed by atoms with van der Waals surface area (Å²) >= 11 is 0. The van der Waals surface area contributed by atoms with Crippen LogP contribution in [0.3, 0.4) is 0 Å². The van der Waals surface area contributed by atoms with E-state index >= 15 is 0 Å². The molecule has 0 heterocycles. The zero-order valence-electron chi connectivity index (χ0n) is 55.0. The number of hydrogen-bond acceptors (Lipinski definition) is 6. The van der Waals surface area contributed by atoms with Crippen LogP contribution < -0.4 is 0 Å². The third kappa shape index (κ3) is 67.9. The van der Waals surface area contributed by atoms with E-state index in [1.165, 1.54) is 250 Å². The number of esters is 3. The largest absolute Gasteiger partial charge is 0.462 e. The third-order valence-electron chi connectivity index (χ3n) is 16.2. The van der Waals surface area contributed by atoms with Crippen molar-refractivity contribution in [1.82, 2.24) is 0 Å². The highest BCUT2D eigenvalue weighted by molar-refractivity contribution is 5.71. The van der Waals surface area contributed by atoms with Crippen LogP contribution in [0.25, 0.3) is 0 Å². The predicted octanol–water partition coefficient (Wildman–Crippen LogP) is 25.1. The van der Waals surface area contributed by atoms with Gasteiger partial charge < -0.3 is 14.2 Å². The minimum atomic E-state index is -0.775. The average molecular weight is 1150 g/mol. The van der Waals surface area contributed by atoms with Crippen LogP contribution >= 0.6 is 0 Å². The van der Waals surface area contributed by atoms with Crippen molar-refractivity contribution in [3.63, 3.8) is 0 Å². The lowest BCUT2D eigenvalue weighted by molar-refractivity contribution is -0.167. The number of allylic oxidation sites excluding steroid dienone is 10. The van der Waals surface area contributed by atoms with E-state index in [-0.39, 0.29) is 31.1 Å². The Morgan fingerprint density at radius 3 is 0.805 bits per heavy atom. The molecule has 0 spiro atoms. The lowest BCUT2D eigenvalue weighted by atomic mass is 10.0. The second-order valence-corrected chi connectivity index (χ2v) is 24.5. The van der Waals surface area contributed by atoms with Gasteiger partial charge in [-0.25, -0.2) is 0 Å². The van der Waals surface area contributed by atoms with E-state index in [9.17, 15) is 14.4 Å². The molecular formula is C76H138O6. The fourth-order valence-corrected chi connectivity index (χ4v) is 10.9. The summed E-state index contributed by atoms with van der Waals surface area (Å²) in [5.74, 6) is -0.857. The van der Waals surface area contributed by atoms with E-state index in [4.69, 9.17) is 14.2 Å². The number of carbonyl (C=O) groups excluding carboxylic acids is 3. The first-order valence-corrected chi connectivity index (χ1v) is 36.3. The predicted molar refractivity (Wildman–Crippen MR) is 358 cm³/mol. The molecule has 1 unspecified atom stereocenters. The molecule has 0 saturated carbocycles. The van der Waals surface area contributed by atoms with Gasteiger partial charge in [0.05, 0.1) is 0 Å². The van der Waals surface area contributed by atoms with Gasteiger partial charge >= 0.3 is 17.9 Å². The summed E-state index contributed by atoms with van der Waals surface area (Å²) in [6.45, 7) is 6.53. The van der Waals surface area contributed by atoms with Gasteiger partial charge in [-0.05, 0) is 77.0 Å². The zero-order chi connectivity index (χ0) is 59.2. The molecule has 0 aliphatic carbocycles. The Kier molecular flexibility index (Phi) is 68.1. The van der Waals surface area contributed by atoms with Crippen LogP contribution in [-0.4, -0.2) is 37.2 Å². The van der Waals surface area contributed by atoms with Crippen LogP contribution in [0, 0.1) is 0 Å². The maximum absolute atomic E-state index is 12.9. The summed E-state index contributed by atoms with van der Waals surface area (Å²) in [7, 11) is 0. The summed E-state index contributed by atoms with van der Waals surface area (Å²) in [4.78, 5) is 38.4. The zero-order valence-corrected chi connectivity index (χ0v) is 55.0. The molecule has 0 bridgehead atoms. The summed E-state index contributed by atoms with van der Waals surface area (Å²) in [6, 6.07) is 0. The van der Waals surface area contributed by atoms with Crippen LogP contribution in [-0.2, 0) is 28.6 Å². The van der Waals surface area contributed by atoms with Crippen molar-refractivity contribution < 1.29 is 28.6 Å². The molecule has 0 fully saturated rings. The molecule has 0 radical (unpaired) electrons. The summed E-state index contributed by atoms with van der Waals surface area (Å²) in [5, 5.41) is 0. The first-order valence-electron chi connectivity index (χ1n) is 36.3. The van der Waals surface area contributed by atoms with E-state index in [0.717, 1.165) is 96.3 Å². The van der Waals surface area contributed by atoms with Gasteiger partial charge in [0.15, 0.2) is 6.10 Å². The number of rotatable bonds is 67. The Labute approximate surface area is 510 Å². The second-order valence-electron chi connectivity index (χ2n) is 24.5. The monoisotopic (exact) mass is 1150 g/mol. The molecule has 6 nitrogen and oxygen atoms in total. The van der Waals surface area contributed by atoms with Crippen molar-refractivity contribution in [2.75, 3.05) is 13.2 Å². The number of carbonyl (C=O) groups is 3. The van der Waals surface area contributed by atoms with Crippen molar-refractivity contribution in [2.45, 2.75) is 393 Å². The van der Waals surface area contributed by atoms with Crippen molar-refractivity contribution >= 4 is 17.9 Å². The minimum Gasteiger partial charge on any atom is -0.462 e. The first-order chi connectivity index (χ1) is 40.5. The molecule has 0 aliphatic heterocycles. The lowest BCUT2D eigenvalue weighted by Gasteiger charge is -2.18. The number of ether oxygens (including phenoxy) is 3. The van der Waals surface area contributed by atoms with E-state index < -0.39 is 6.10 Å². The van der Waals surface area contributed by atoms with E-state index in [1.807, 2.05) is 0 Å². The van der Waals surface area contributed by atoms with E-state index in [2.05, 4.69) is 81.5 Å². The van der Waals surface area contributed by atoms with E-state index in [1.54, 1.807) is 0 Å². The molecule has 0 saturated heterocycles. The molecule has 0 rings (SSSR count). The Balaban J connectivity index is 4.12. The standard InChI is InChI=1S/C76H138O6/c1-4-7-10-13-16-19-22-24-26-28-30-32-34-36-37-38-39-41-42-44-46-48-50-52-54-57-60-63-66-69-75(78)81-72-73(71-80-74(77)68-65-62-59-56-21-18-15-12-9-6-3)82-76(79)70-67-64-61-58-55-53-51-49-47-45-43-40-35-33-31-29-27-25-23-20-17-14-11-8-5-2/h7,10,12,15-16,19,24,26,30,32,73H,4-6,8-9,11,13-14,17-18,20-23,25,27-29,31,33-72H2,1-3H3/b10-7-,15-12-,19-16-,26-24-,32-30-. The van der Waals surface area contributed by atoms with Crippen LogP contribution in [0.2, 0.25) is 0 Å². The van der Waals surface area contributed by atoms with Crippen LogP contribution in [0.15, 0.2) is 60.8 Å². The van der Waals surface area contributed by atoms with Gasteiger partial charge in [0.2, 0.25) is 0 Å². The lowest BCUT2D eigenvalue weighted by Crippen LogP contribution is -2.30. The first kappa shape index (κ1) is 79.1. The minimum absolute atomic E-state index is 0.0716. The SMILES string of the molecule is CC/C=C\C/C=C\C/C=C\C/C=C\CCCCCCCCCCCCCCCCCCC(=O)OCC(COC(=O)CCCCCCC/C=C\CCC)OC(=O)CCCCCCCCCCCCCCCCCCCCCCCCCCC.